The van der Waals surface area contributed by atoms with Gasteiger partial charge in [0.15, 0.2) is 0 Å². The van der Waals surface area contributed by atoms with Gasteiger partial charge in [-0.15, -0.1) is 0 Å². The Hall–Kier alpha value is -4.18. The molecule has 4 rings (SSSR count). The van der Waals surface area contributed by atoms with Gasteiger partial charge in [0.05, 0.1) is 6.10 Å². The van der Waals surface area contributed by atoms with Crippen molar-refractivity contribution in [3.05, 3.63) is 94.5 Å². The molecular weight excluding hydrogens is 454 g/mol. The number of amides is 1. The fourth-order valence-corrected chi connectivity index (χ4v) is 3.50. The third-order valence-corrected chi connectivity index (χ3v) is 5.25. The van der Waals surface area contributed by atoms with E-state index >= 15 is 0 Å². The lowest BCUT2D eigenvalue weighted by Gasteiger charge is -2.16. The predicted molar refractivity (Wildman–Crippen MR) is 124 cm³/mol. The molecule has 10 heteroatoms. The number of rotatable bonds is 8. The van der Waals surface area contributed by atoms with Crippen LogP contribution in [-0.2, 0) is 32.2 Å². The number of ether oxygens (including phenoxy) is 4. The molecule has 2 atom stereocenters. The van der Waals surface area contributed by atoms with Crippen molar-refractivity contribution in [2.24, 2.45) is 0 Å². The lowest BCUT2D eigenvalue weighted by Crippen LogP contribution is -2.29. The molecule has 1 N–H and O–H groups in total. The van der Waals surface area contributed by atoms with Gasteiger partial charge in [-0.1, -0.05) is 60.7 Å². The van der Waals surface area contributed by atoms with Crippen LogP contribution in [0.5, 0.6) is 0 Å². The summed E-state index contributed by atoms with van der Waals surface area (Å²) in [4.78, 5) is 40.1. The topological polar surface area (TPSA) is 118 Å². The van der Waals surface area contributed by atoms with Crippen LogP contribution in [0.4, 0.5) is 15.4 Å². The molecule has 2 aromatic carbocycles. The van der Waals surface area contributed by atoms with Crippen molar-refractivity contribution in [1.82, 2.24) is 9.55 Å². The van der Waals surface area contributed by atoms with E-state index in [1.54, 1.807) is 0 Å². The van der Waals surface area contributed by atoms with Gasteiger partial charge in [0.2, 0.25) is 0 Å². The lowest BCUT2D eigenvalue weighted by molar-refractivity contribution is -0.0408. The van der Waals surface area contributed by atoms with Gasteiger partial charge in [-0.2, -0.15) is 4.98 Å². The summed E-state index contributed by atoms with van der Waals surface area (Å²) in [5.74, 6) is 0.0725. The second-order valence-electron chi connectivity index (χ2n) is 7.81. The number of nitrogens with zero attached hydrogens (tertiary/aromatic N) is 2. The quantitative estimate of drug-likeness (QED) is 0.481. The Morgan fingerprint density at radius 1 is 0.914 bits per heavy atom. The highest BCUT2D eigenvalue weighted by Gasteiger charge is 2.28. The van der Waals surface area contributed by atoms with Crippen molar-refractivity contribution in [1.29, 1.82) is 0 Å². The molecule has 0 saturated carbocycles. The first kappa shape index (κ1) is 24.0. The summed E-state index contributed by atoms with van der Waals surface area (Å²) < 4.78 is 22.5. The third kappa shape index (κ3) is 7.15. The predicted octanol–water partition coefficient (Wildman–Crippen LogP) is 4.02. The van der Waals surface area contributed by atoms with Crippen molar-refractivity contribution >= 4 is 18.1 Å². The molecule has 0 radical (unpaired) electrons. The Kier molecular flexibility index (Phi) is 8.08. The summed E-state index contributed by atoms with van der Waals surface area (Å²) in [5, 5.41) is 2.44. The Bertz CT molecular complexity index is 1180. The molecule has 1 aromatic heterocycles. The van der Waals surface area contributed by atoms with Crippen LogP contribution < -0.4 is 11.0 Å². The number of hydrogen-bond donors (Lipinski definition) is 1. The zero-order valence-corrected chi connectivity index (χ0v) is 18.9. The van der Waals surface area contributed by atoms with E-state index in [0.717, 1.165) is 11.1 Å². The second kappa shape index (κ2) is 11.8. The molecule has 1 aliphatic rings. The fraction of sp³-hybridized carbons (Fsp3) is 0.280. The number of hydrogen-bond acceptors (Lipinski definition) is 8. The minimum Gasteiger partial charge on any atom is -0.444 e. The average Bonchev–Trinajstić information content (AvgIpc) is 3.35. The zero-order chi connectivity index (χ0) is 24.5. The number of carbonyl (C=O) groups is 2. The first-order valence-corrected chi connectivity index (χ1v) is 11.1. The molecule has 0 unspecified atom stereocenters. The minimum absolute atomic E-state index is 0.0131. The molecule has 0 spiro atoms. The molecule has 10 nitrogen and oxygen atoms in total. The van der Waals surface area contributed by atoms with Gasteiger partial charge < -0.3 is 18.9 Å². The highest BCUT2D eigenvalue weighted by molar-refractivity contribution is 5.83. The first-order valence-electron chi connectivity index (χ1n) is 11.1. The van der Waals surface area contributed by atoms with Crippen LogP contribution in [0, 0.1) is 0 Å². The van der Waals surface area contributed by atoms with Crippen molar-refractivity contribution < 1.29 is 28.5 Å². The van der Waals surface area contributed by atoms with Crippen LogP contribution in [0.3, 0.4) is 0 Å². The average molecular weight is 479 g/mol. The highest BCUT2D eigenvalue weighted by Crippen LogP contribution is 2.27. The maximum Gasteiger partial charge on any atom is 0.508 e. The Morgan fingerprint density at radius 3 is 2.23 bits per heavy atom. The Morgan fingerprint density at radius 2 is 1.57 bits per heavy atom. The van der Waals surface area contributed by atoms with E-state index in [0.29, 0.717) is 12.8 Å². The number of benzene rings is 2. The molecule has 3 aromatic rings. The lowest BCUT2D eigenvalue weighted by atomic mass is 10.2. The van der Waals surface area contributed by atoms with Gasteiger partial charge in [-0.05, 0) is 30.0 Å². The van der Waals surface area contributed by atoms with Crippen LogP contribution in [-0.4, -0.2) is 34.5 Å². The van der Waals surface area contributed by atoms with E-state index in [4.69, 9.17) is 18.9 Å². The molecule has 0 aliphatic carbocycles. The summed E-state index contributed by atoms with van der Waals surface area (Å²) in [7, 11) is 0. The zero-order valence-electron chi connectivity index (χ0n) is 18.9. The second-order valence-corrected chi connectivity index (χ2v) is 7.81. The van der Waals surface area contributed by atoms with Crippen LogP contribution in [0.1, 0.15) is 30.2 Å². The fourth-order valence-electron chi connectivity index (χ4n) is 3.50. The largest absolute Gasteiger partial charge is 0.508 e. The van der Waals surface area contributed by atoms with Gasteiger partial charge in [0, 0.05) is 6.20 Å². The summed E-state index contributed by atoms with van der Waals surface area (Å²) in [6.45, 7) is 0.233. The SMILES string of the molecule is O=C(Nc1ccn([C@H]2CC[C@@H](COC(=O)OCc3ccccc3)O2)c(=O)n1)OCc1ccccc1. The van der Waals surface area contributed by atoms with E-state index in [9.17, 15) is 14.4 Å². The van der Waals surface area contributed by atoms with Gasteiger partial charge in [0.25, 0.3) is 0 Å². The van der Waals surface area contributed by atoms with E-state index < -0.39 is 24.2 Å². The van der Waals surface area contributed by atoms with Crippen LogP contribution in [0.25, 0.3) is 0 Å². The third-order valence-electron chi connectivity index (χ3n) is 5.25. The van der Waals surface area contributed by atoms with Crippen molar-refractivity contribution in [2.75, 3.05) is 11.9 Å². The maximum absolute atomic E-state index is 12.5. The van der Waals surface area contributed by atoms with E-state index in [1.807, 2.05) is 60.7 Å². The minimum atomic E-state index is -0.783. The summed E-state index contributed by atoms with van der Waals surface area (Å²) in [6.07, 6.45) is 0.200. The molecule has 35 heavy (non-hydrogen) atoms. The van der Waals surface area contributed by atoms with E-state index in [1.165, 1.54) is 16.8 Å². The van der Waals surface area contributed by atoms with Crippen molar-refractivity contribution in [2.45, 2.75) is 38.4 Å². The first-order chi connectivity index (χ1) is 17.1. The summed E-state index contributed by atoms with van der Waals surface area (Å²) >= 11 is 0. The Balaban J connectivity index is 1.21. The molecular formula is C25H25N3O7. The number of aromatic nitrogens is 2. The number of carbonyl (C=O) groups excluding carboxylic acids is 2. The molecule has 1 saturated heterocycles. The van der Waals surface area contributed by atoms with E-state index in [2.05, 4.69) is 10.3 Å². The maximum atomic E-state index is 12.5. The molecule has 1 fully saturated rings. The van der Waals surface area contributed by atoms with E-state index in [-0.39, 0.29) is 31.7 Å². The van der Waals surface area contributed by atoms with Gasteiger partial charge >= 0.3 is 17.9 Å². The van der Waals surface area contributed by atoms with Crippen molar-refractivity contribution in [3.8, 4) is 0 Å². The van der Waals surface area contributed by atoms with Crippen LogP contribution in [0.15, 0.2) is 77.7 Å². The number of nitrogens with one attached hydrogen (secondary N) is 1. The molecule has 0 bridgehead atoms. The summed E-state index contributed by atoms with van der Waals surface area (Å²) in [5.41, 5.74) is 1.11. The highest BCUT2D eigenvalue weighted by atomic mass is 16.7. The monoisotopic (exact) mass is 479 g/mol. The molecule has 2 heterocycles. The number of anilines is 1. The molecule has 1 aliphatic heterocycles. The van der Waals surface area contributed by atoms with Crippen LogP contribution in [0.2, 0.25) is 0 Å². The Labute approximate surface area is 201 Å². The summed E-state index contributed by atoms with van der Waals surface area (Å²) in [6, 6.07) is 20.0. The van der Waals surface area contributed by atoms with Crippen molar-refractivity contribution in [3.63, 3.8) is 0 Å². The molecule has 182 valence electrons. The van der Waals surface area contributed by atoms with Gasteiger partial charge in [-0.25, -0.2) is 14.4 Å². The van der Waals surface area contributed by atoms with Gasteiger partial charge in [0.1, 0.15) is 31.9 Å². The van der Waals surface area contributed by atoms with Gasteiger partial charge in [-0.3, -0.25) is 9.88 Å². The van der Waals surface area contributed by atoms with Crippen LogP contribution >= 0.6 is 0 Å². The molecule has 1 amide bonds. The normalized spacial score (nSPS) is 16.9. The smallest absolute Gasteiger partial charge is 0.444 e. The standard InChI is InChI=1S/C25H25N3O7/c29-23-26-21(27-24(30)32-15-18-7-3-1-4-8-18)13-14-28(23)22-12-11-20(35-22)17-34-25(31)33-16-19-9-5-2-6-10-19/h1-10,13-14,20,22H,11-12,15-17H2,(H,26,27,29,30)/t20-,22+/m0/s1.